The number of hydrogen-bond donors (Lipinski definition) is 1. The predicted octanol–water partition coefficient (Wildman–Crippen LogP) is 2.80. The van der Waals surface area contributed by atoms with Crippen LogP contribution in [-0.4, -0.2) is 35.1 Å². The van der Waals surface area contributed by atoms with E-state index in [1.807, 2.05) is 13.8 Å². The van der Waals surface area contributed by atoms with Crippen LogP contribution in [0.4, 0.5) is 0 Å². The van der Waals surface area contributed by atoms with Crippen LogP contribution in [0, 0.1) is 5.92 Å². The number of hydrogen-bond acceptors (Lipinski definition) is 4. The molecule has 0 saturated carbocycles. The Morgan fingerprint density at radius 3 is 3.00 bits per heavy atom. The molecular formula is C15H22ClN3O2. The first-order valence-corrected chi connectivity index (χ1v) is 7.83. The van der Waals surface area contributed by atoms with Crippen LogP contribution in [0.25, 0.3) is 0 Å². The van der Waals surface area contributed by atoms with Gasteiger partial charge < -0.3 is 10.1 Å². The van der Waals surface area contributed by atoms with Gasteiger partial charge in [0.1, 0.15) is 11.5 Å². The standard InChI is InChI=1S/C15H22ClN3O2/c1-4-12-10(5-6-21-12)7-18-15(20)13-11(16)8-17-14(19-13)9(2)3/h8-10,12H,4-7H2,1-3H3,(H,18,20). The van der Waals surface area contributed by atoms with Crippen LogP contribution < -0.4 is 5.32 Å². The second kappa shape index (κ2) is 7.18. The zero-order valence-electron chi connectivity index (χ0n) is 12.7. The van der Waals surface area contributed by atoms with Crippen LogP contribution in [0.5, 0.6) is 0 Å². The average Bonchev–Trinajstić information content (AvgIpc) is 2.92. The third-order valence-corrected chi connectivity index (χ3v) is 4.04. The van der Waals surface area contributed by atoms with E-state index in [9.17, 15) is 4.79 Å². The summed E-state index contributed by atoms with van der Waals surface area (Å²) in [4.78, 5) is 20.7. The molecule has 116 valence electrons. The number of rotatable bonds is 5. The highest BCUT2D eigenvalue weighted by atomic mass is 35.5. The lowest BCUT2D eigenvalue weighted by atomic mass is 10.00. The third-order valence-electron chi connectivity index (χ3n) is 3.77. The Kier molecular flexibility index (Phi) is 5.53. The van der Waals surface area contributed by atoms with Crippen LogP contribution in [0.15, 0.2) is 6.20 Å². The predicted molar refractivity (Wildman–Crippen MR) is 81.6 cm³/mol. The molecule has 1 aromatic heterocycles. The SMILES string of the molecule is CCC1OCCC1CNC(=O)c1nc(C(C)C)ncc1Cl. The number of amides is 1. The fourth-order valence-corrected chi connectivity index (χ4v) is 2.68. The highest BCUT2D eigenvalue weighted by molar-refractivity contribution is 6.33. The fourth-order valence-electron chi connectivity index (χ4n) is 2.50. The van der Waals surface area contributed by atoms with Gasteiger partial charge >= 0.3 is 0 Å². The Bertz CT molecular complexity index is 508. The minimum atomic E-state index is -0.244. The van der Waals surface area contributed by atoms with Crippen molar-refractivity contribution in [3.63, 3.8) is 0 Å². The lowest BCUT2D eigenvalue weighted by Crippen LogP contribution is -2.33. The largest absolute Gasteiger partial charge is 0.378 e. The minimum Gasteiger partial charge on any atom is -0.378 e. The minimum absolute atomic E-state index is 0.154. The van der Waals surface area contributed by atoms with E-state index in [0.717, 1.165) is 19.4 Å². The van der Waals surface area contributed by atoms with Gasteiger partial charge in [0.25, 0.3) is 5.91 Å². The normalized spacial score (nSPS) is 21.8. The molecule has 1 fully saturated rings. The molecule has 1 aromatic rings. The number of ether oxygens (including phenoxy) is 1. The molecule has 2 unspecified atom stereocenters. The smallest absolute Gasteiger partial charge is 0.271 e. The Morgan fingerprint density at radius 2 is 2.33 bits per heavy atom. The molecule has 0 aliphatic carbocycles. The first-order valence-electron chi connectivity index (χ1n) is 7.45. The van der Waals surface area contributed by atoms with Gasteiger partial charge in [-0.25, -0.2) is 9.97 Å². The molecular weight excluding hydrogens is 290 g/mol. The first kappa shape index (κ1) is 16.2. The van der Waals surface area contributed by atoms with E-state index in [4.69, 9.17) is 16.3 Å². The molecule has 1 amide bonds. The average molecular weight is 312 g/mol. The Balaban J connectivity index is 2.01. The summed E-state index contributed by atoms with van der Waals surface area (Å²) in [5.41, 5.74) is 0.252. The molecule has 2 rings (SSSR count). The van der Waals surface area contributed by atoms with E-state index in [2.05, 4.69) is 22.2 Å². The van der Waals surface area contributed by atoms with Crippen molar-refractivity contribution in [2.75, 3.05) is 13.2 Å². The second-order valence-corrected chi connectivity index (χ2v) is 6.06. The summed E-state index contributed by atoms with van der Waals surface area (Å²) in [5.74, 6) is 0.900. The lowest BCUT2D eigenvalue weighted by Gasteiger charge is -2.17. The monoisotopic (exact) mass is 311 g/mol. The molecule has 0 bridgehead atoms. The van der Waals surface area contributed by atoms with Gasteiger partial charge in [-0.3, -0.25) is 4.79 Å². The van der Waals surface area contributed by atoms with Gasteiger partial charge in [0.2, 0.25) is 0 Å². The molecule has 1 aliphatic heterocycles. The highest BCUT2D eigenvalue weighted by Gasteiger charge is 2.27. The van der Waals surface area contributed by atoms with Crippen molar-refractivity contribution in [3.8, 4) is 0 Å². The Morgan fingerprint density at radius 1 is 1.57 bits per heavy atom. The molecule has 2 heterocycles. The van der Waals surface area contributed by atoms with Gasteiger partial charge in [0, 0.05) is 25.0 Å². The van der Waals surface area contributed by atoms with Crippen LogP contribution in [0.1, 0.15) is 55.8 Å². The number of halogens is 1. The van der Waals surface area contributed by atoms with E-state index >= 15 is 0 Å². The lowest BCUT2D eigenvalue weighted by molar-refractivity contribution is 0.0825. The van der Waals surface area contributed by atoms with Crippen molar-refractivity contribution in [2.45, 2.75) is 45.6 Å². The van der Waals surface area contributed by atoms with E-state index in [-0.39, 0.29) is 28.6 Å². The van der Waals surface area contributed by atoms with Crippen molar-refractivity contribution >= 4 is 17.5 Å². The van der Waals surface area contributed by atoms with E-state index in [0.29, 0.717) is 18.3 Å². The second-order valence-electron chi connectivity index (χ2n) is 5.66. The molecule has 1 saturated heterocycles. The maximum Gasteiger partial charge on any atom is 0.271 e. The van der Waals surface area contributed by atoms with Gasteiger partial charge in [0.15, 0.2) is 0 Å². The van der Waals surface area contributed by atoms with Crippen LogP contribution in [-0.2, 0) is 4.74 Å². The van der Waals surface area contributed by atoms with Gasteiger partial charge in [-0.2, -0.15) is 0 Å². The summed E-state index contributed by atoms with van der Waals surface area (Å²) in [6.07, 6.45) is 3.67. The summed E-state index contributed by atoms with van der Waals surface area (Å²) >= 11 is 6.04. The van der Waals surface area contributed by atoms with Crippen molar-refractivity contribution in [2.24, 2.45) is 5.92 Å². The number of nitrogens with one attached hydrogen (secondary N) is 1. The number of carbonyl (C=O) groups excluding carboxylic acids is 1. The summed E-state index contributed by atoms with van der Waals surface area (Å²) in [6, 6.07) is 0. The Labute approximate surface area is 130 Å². The van der Waals surface area contributed by atoms with E-state index < -0.39 is 0 Å². The van der Waals surface area contributed by atoms with Crippen molar-refractivity contribution in [1.29, 1.82) is 0 Å². The summed E-state index contributed by atoms with van der Waals surface area (Å²) in [7, 11) is 0. The number of aromatic nitrogens is 2. The fraction of sp³-hybridized carbons (Fsp3) is 0.667. The molecule has 0 aromatic carbocycles. The molecule has 1 N–H and O–H groups in total. The van der Waals surface area contributed by atoms with Gasteiger partial charge in [-0.05, 0) is 12.8 Å². The molecule has 0 radical (unpaired) electrons. The zero-order chi connectivity index (χ0) is 15.4. The summed E-state index contributed by atoms with van der Waals surface area (Å²) < 4.78 is 5.62. The van der Waals surface area contributed by atoms with E-state index in [1.54, 1.807) is 0 Å². The number of carbonyl (C=O) groups is 1. The molecule has 1 aliphatic rings. The highest BCUT2D eigenvalue weighted by Crippen LogP contribution is 2.23. The maximum atomic E-state index is 12.3. The summed E-state index contributed by atoms with van der Waals surface area (Å²) in [5, 5.41) is 3.20. The maximum absolute atomic E-state index is 12.3. The van der Waals surface area contributed by atoms with E-state index in [1.165, 1.54) is 6.20 Å². The molecule has 6 heteroatoms. The zero-order valence-corrected chi connectivity index (χ0v) is 13.5. The van der Waals surface area contributed by atoms with Gasteiger partial charge in [-0.15, -0.1) is 0 Å². The van der Waals surface area contributed by atoms with Crippen molar-refractivity contribution in [3.05, 3.63) is 22.7 Å². The van der Waals surface area contributed by atoms with Gasteiger partial charge in [-0.1, -0.05) is 32.4 Å². The van der Waals surface area contributed by atoms with Crippen LogP contribution in [0.2, 0.25) is 5.02 Å². The Hall–Kier alpha value is -1.20. The van der Waals surface area contributed by atoms with Gasteiger partial charge in [0.05, 0.1) is 17.3 Å². The molecule has 5 nitrogen and oxygen atoms in total. The molecule has 2 atom stereocenters. The van der Waals surface area contributed by atoms with Crippen molar-refractivity contribution in [1.82, 2.24) is 15.3 Å². The van der Waals surface area contributed by atoms with Crippen LogP contribution >= 0.6 is 11.6 Å². The quantitative estimate of drug-likeness (QED) is 0.908. The first-order chi connectivity index (χ1) is 10.0. The topological polar surface area (TPSA) is 64.1 Å². The molecule has 0 spiro atoms. The summed E-state index contributed by atoms with van der Waals surface area (Å²) in [6.45, 7) is 7.42. The number of nitrogens with zero attached hydrogens (tertiary/aromatic N) is 2. The van der Waals surface area contributed by atoms with Crippen molar-refractivity contribution < 1.29 is 9.53 Å². The molecule has 21 heavy (non-hydrogen) atoms. The third kappa shape index (κ3) is 3.92. The van der Waals surface area contributed by atoms with Crippen LogP contribution in [0.3, 0.4) is 0 Å².